The first-order chi connectivity index (χ1) is 36.7. The molecular formula is C58H110N2O16. The van der Waals surface area contributed by atoms with Crippen molar-refractivity contribution in [3.05, 3.63) is 0 Å². The Morgan fingerprint density at radius 1 is 0.447 bits per heavy atom. The zero-order valence-electron chi connectivity index (χ0n) is 47.6. The maximum absolute atomic E-state index is 14.1. The lowest BCUT2D eigenvalue weighted by Gasteiger charge is -2.48. The highest BCUT2D eigenvalue weighted by molar-refractivity contribution is 5.85. The lowest BCUT2D eigenvalue weighted by Crippen LogP contribution is -2.66. The first-order valence-corrected chi connectivity index (χ1v) is 30.6. The van der Waals surface area contributed by atoms with Crippen molar-refractivity contribution < 1.29 is 78.9 Å². The lowest BCUT2D eigenvalue weighted by molar-refractivity contribution is -0.384. The van der Waals surface area contributed by atoms with Crippen LogP contribution < -0.4 is 5.32 Å². The van der Waals surface area contributed by atoms with Gasteiger partial charge in [-0.15, -0.1) is 0 Å². The van der Waals surface area contributed by atoms with E-state index in [1.54, 1.807) is 0 Å². The smallest absolute Gasteiger partial charge is 0.249 e. The van der Waals surface area contributed by atoms with Gasteiger partial charge in [0.1, 0.15) is 67.6 Å². The van der Waals surface area contributed by atoms with Gasteiger partial charge in [0.05, 0.1) is 25.4 Å². The van der Waals surface area contributed by atoms with Gasteiger partial charge in [-0.3, -0.25) is 9.59 Å². The van der Waals surface area contributed by atoms with Crippen LogP contribution in [0.5, 0.6) is 0 Å². The molecule has 0 aromatic carbocycles. The maximum atomic E-state index is 14.1. The standard InChI is InChI=1S/C58H110N2O16/c1-5-7-9-11-13-15-17-19-21-23-25-27-29-31-33-35-37-59-45(62)39-60(38-36-34-32-30-28-26-24-22-20-18-16-14-12-10-8-6-2)46(63)41-71-58-55(76-57-52(69)50(67)48(65)43(4)73-57)53(70)54(44(40-61)74-58)75-56-51(68)49(66)47(64)42(3)72-56/h42-44,47-58,61,64-70H,5-41H2,1-4H3,(H,59,62)/t42-,43-,44+,47-,48-,49+,50+,51+,52+,53-,54+,55+,56-,57-,58+/m0/s1. The van der Waals surface area contributed by atoms with Gasteiger partial charge in [0, 0.05) is 13.1 Å². The van der Waals surface area contributed by atoms with Crippen LogP contribution in [0.2, 0.25) is 0 Å². The molecule has 0 aromatic heterocycles. The van der Waals surface area contributed by atoms with Gasteiger partial charge in [-0.2, -0.15) is 0 Å². The average molecular weight is 1090 g/mol. The van der Waals surface area contributed by atoms with Crippen molar-refractivity contribution in [1.82, 2.24) is 10.2 Å². The fourth-order valence-corrected chi connectivity index (χ4v) is 10.6. The number of nitrogens with one attached hydrogen (secondary N) is 1. The molecule has 0 spiro atoms. The predicted octanol–water partition coefficient (Wildman–Crippen LogP) is 6.97. The Balaban J connectivity index is 1.57. The monoisotopic (exact) mass is 1090 g/mol. The van der Waals surface area contributed by atoms with E-state index in [-0.39, 0.29) is 12.5 Å². The predicted molar refractivity (Wildman–Crippen MR) is 291 cm³/mol. The molecule has 18 heteroatoms. The number of aliphatic hydroxyl groups is 8. The third-order valence-corrected chi connectivity index (χ3v) is 15.7. The number of ether oxygens (including phenoxy) is 6. The molecule has 15 atom stereocenters. The van der Waals surface area contributed by atoms with Crippen molar-refractivity contribution in [1.29, 1.82) is 0 Å². The van der Waals surface area contributed by atoms with Gasteiger partial charge in [0.15, 0.2) is 18.9 Å². The minimum absolute atomic E-state index is 0.202. The number of unbranched alkanes of at least 4 members (excludes halogenated alkanes) is 30. The summed E-state index contributed by atoms with van der Waals surface area (Å²) in [6.45, 7) is 6.55. The van der Waals surface area contributed by atoms with Crippen LogP contribution in [0.4, 0.5) is 0 Å². The molecule has 2 amide bonds. The van der Waals surface area contributed by atoms with Gasteiger partial charge in [-0.25, -0.2) is 0 Å². The molecule has 3 heterocycles. The van der Waals surface area contributed by atoms with Gasteiger partial charge in [-0.05, 0) is 26.7 Å². The molecule has 18 nitrogen and oxygen atoms in total. The minimum Gasteiger partial charge on any atom is -0.394 e. The molecule has 0 aliphatic carbocycles. The van der Waals surface area contributed by atoms with Crippen LogP contribution in [0.25, 0.3) is 0 Å². The van der Waals surface area contributed by atoms with Crippen molar-refractivity contribution in [3.63, 3.8) is 0 Å². The molecule has 0 bridgehead atoms. The van der Waals surface area contributed by atoms with Gasteiger partial charge in [0.2, 0.25) is 11.8 Å². The van der Waals surface area contributed by atoms with Crippen molar-refractivity contribution in [2.24, 2.45) is 0 Å². The fraction of sp³-hybridized carbons (Fsp3) is 0.966. The zero-order chi connectivity index (χ0) is 55.5. The van der Waals surface area contributed by atoms with Crippen LogP contribution in [0.1, 0.15) is 233 Å². The van der Waals surface area contributed by atoms with Crippen molar-refractivity contribution in [3.8, 4) is 0 Å². The second-order valence-corrected chi connectivity index (χ2v) is 22.4. The van der Waals surface area contributed by atoms with E-state index < -0.39 is 111 Å². The average Bonchev–Trinajstić information content (AvgIpc) is 3.41. The van der Waals surface area contributed by atoms with E-state index >= 15 is 0 Å². The molecule has 3 aliphatic rings. The Hall–Kier alpha value is -1.62. The number of rotatable bonds is 44. The molecule has 3 saturated heterocycles. The Kier molecular flexibility index (Phi) is 37.4. The van der Waals surface area contributed by atoms with Crippen molar-refractivity contribution in [2.75, 3.05) is 32.8 Å². The SMILES string of the molecule is CCCCCCCCCCCCCCCCCCNC(=O)CN(CCCCCCCCCCCCCCCCCC)C(=O)CO[C@@H]1O[C@H](CO)[C@@H](O[C@@H]2O[C@@H](C)[C@H](O)[C@@H](O)[C@H]2O)[C@H](O)[C@H]1O[C@@H]1O[C@@H](C)[C@H](O)[C@@H](O)[C@H]1O. The van der Waals surface area contributed by atoms with E-state index in [9.17, 15) is 50.4 Å². The molecule has 0 radical (unpaired) electrons. The highest BCUT2D eigenvalue weighted by atomic mass is 16.8. The first kappa shape index (κ1) is 68.7. The van der Waals surface area contributed by atoms with E-state index in [4.69, 9.17) is 28.4 Å². The highest BCUT2D eigenvalue weighted by Gasteiger charge is 2.53. The van der Waals surface area contributed by atoms with Gasteiger partial charge in [0.25, 0.3) is 0 Å². The van der Waals surface area contributed by atoms with E-state index in [1.165, 1.54) is 173 Å². The van der Waals surface area contributed by atoms with Crippen LogP contribution in [0.3, 0.4) is 0 Å². The maximum Gasteiger partial charge on any atom is 0.249 e. The summed E-state index contributed by atoms with van der Waals surface area (Å²) in [5.41, 5.74) is 0. The van der Waals surface area contributed by atoms with Crippen LogP contribution >= 0.6 is 0 Å². The molecular weight excluding hydrogens is 981 g/mol. The van der Waals surface area contributed by atoms with Crippen molar-refractivity contribution >= 4 is 11.8 Å². The van der Waals surface area contributed by atoms with Gasteiger partial charge >= 0.3 is 0 Å². The lowest BCUT2D eigenvalue weighted by atomic mass is 9.96. The van der Waals surface area contributed by atoms with Gasteiger partial charge in [-0.1, -0.05) is 206 Å². The van der Waals surface area contributed by atoms with Crippen LogP contribution in [0.15, 0.2) is 0 Å². The summed E-state index contributed by atoms with van der Waals surface area (Å²) in [7, 11) is 0. The molecule has 0 unspecified atom stereocenters. The number of hydrogen-bond acceptors (Lipinski definition) is 16. The molecule has 448 valence electrons. The van der Waals surface area contributed by atoms with E-state index in [1.807, 2.05) is 0 Å². The number of amides is 2. The number of nitrogens with zero attached hydrogens (tertiary/aromatic N) is 1. The first-order valence-electron chi connectivity index (χ1n) is 30.6. The zero-order valence-corrected chi connectivity index (χ0v) is 47.6. The Morgan fingerprint density at radius 3 is 1.21 bits per heavy atom. The molecule has 76 heavy (non-hydrogen) atoms. The van der Waals surface area contributed by atoms with Crippen LogP contribution in [-0.4, -0.2) is 183 Å². The fourth-order valence-electron chi connectivity index (χ4n) is 10.6. The molecule has 3 rings (SSSR count). The summed E-state index contributed by atoms with van der Waals surface area (Å²) >= 11 is 0. The van der Waals surface area contributed by atoms with Crippen LogP contribution in [0, 0.1) is 0 Å². The number of aliphatic hydroxyl groups excluding tert-OH is 8. The van der Waals surface area contributed by atoms with E-state index in [0.29, 0.717) is 19.5 Å². The number of hydrogen-bond donors (Lipinski definition) is 9. The van der Waals surface area contributed by atoms with E-state index in [0.717, 1.165) is 44.9 Å². The Labute approximate surface area is 457 Å². The summed E-state index contributed by atoms with van der Waals surface area (Å²) < 4.78 is 35.2. The Bertz CT molecular complexity index is 1450. The van der Waals surface area contributed by atoms with E-state index in [2.05, 4.69) is 19.2 Å². The topological polar surface area (TPSA) is 267 Å². The van der Waals surface area contributed by atoms with Gasteiger partial charge < -0.3 is 79.5 Å². The molecule has 0 saturated carbocycles. The summed E-state index contributed by atoms with van der Waals surface area (Å²) in [4.78, 5) is 28.9. The third kappa shape index (κ3) is 26.3. The number of carbonyl (C=O) groups excluding carboxylic acids is 2. The quantitative estimate of drug-likeness (QED) is 0.0279. The third-order valence-electron chi connectivity index (χ3n) is 15.7. The Morgan fingerprint density at radius 2 is 0.816 bits per heavy atom. The normalized spacial score (nSPS) is 29.9. The number of carbonyl (C=O) groups is 2. The molecule has 0 aromatic rings. The molecule has 3 aliphatic heterocycles. The minimum atomic E-state index is -1.83. The summed E-state index contributed by atoms with van der Waals surface area (Å²) in [5, 5.41) is 88.6. The largest absolute Gasteiger partial charge is 0.394 e. The van der Waals surface area contributed by atoms with Crippen molar-refractivity contribution in [2.45, 2.75) is 325 Å². The molecule has 9 N–H and O–H groups in total. The van der Waals surface area contributed by atoms with Crippen LogP contribution in [-0.2, 0) is 38.0 Å². The summed E-state index contributed by atoms with van der Waals surface area (Å²) in [5.74, 6) is -0.843. The highest BCUT2D eigenvalue weighted by Crippen LogP contribution is 2.33. The molecule has 3 fully saturated rings. The second kappa shape index (κ2) is 41.4. The summed E-state index contributed by atoms with van der Waals surface area (Å²) in [6, 6.07) is 0. The second-order valence-electron chi connectivity index (χ2n) is 22.4. The summed E-state index contributed by atoms with van der Waals surface area (Å²) in [6.07, 6.45) is 15.9.